The first-order chi connectivity index (χ1) is 18.3. The van der Waals surface area contributed by atoms with Crippen LogP contribution in [0.3, 0.4) is 0 Å². The van der Waals surface area contributed by atoms with Crippen LogP contribution in [0, 0.1) is 5.82 Å². The molecule has 0 radical (unpaired) electrons. The highest BCUT2D eigenvalue weighted by atomic mass is 79.9. The normalized spacial score (nSPS) is 15.6. The number of imide groups is 2. The first kappa shape index (κ1) is 25.3. The van der Waals surface area contributed by atoms with Crippen molar-refractivity contribution in [1.82, 2.24) is 5.32 Å². The number of carbonyl (C=O) groups is 3. The predicted molar refractivity (Wildman–Crippen MR) is 138 cm³/mol. The summed E-state index contributed by atoms with van der Waals surface area (Å²) in [6, 6.07) is 12.9. The molecule has 3 aromatic rings. The van der Waals surface area contributed by atoms with Crippen LogP contribution in [-0.2, 0) is 16.2 Å². The Morgan fingerprint density at radius 2 is 1.79 bits per heavy atom. The summed E-state index contributed by atoms with van der Waals surface area (Å²) in [6.45, 7) is 2.32. The molecule has 1 fully saturated rings. The molecule has 2 aliphatic rings. The zero-order chi connectivity index (χ0) is 26.8. The van der Waals surface area contributed by atoms with Gasteiger partial charge in [0.25, 0.3) is 11.8 Å². The Kier molecular flexibility index (Phi) is 7.01. The van der Waals surface area contributed by atoms with Crippen LogP contribution in [-0.4, -0.2) is 31.2 Å². The van der Waals surface area contributed by atoms with Gasteiger partial charge in [0.1, 0.15) is 18.0 Å². The number of hydrogen-bond donors (Lipinski definition) is 1. The molecule has 11 heteroatoms. The van der Waals surface area contributed by atoms with Crippen LogP contribution >= 0.6 is 15.9 Å². The molecule has 9 nitrogen and oxygen atoms in total. The number of rotatable bonds is 7. The lowest BCUT2D eigenvalue weighted by atomic mass is 10.1. The fourth-order valence-corrected chi connectivity index (χ4v) is 4.47. The van der Waals surface area contributed by atoms with E-state index in [1.165, 1.54) is 30.3 Å². The first-order valence-corrected chi connectivity index (χ1v) is 12.3. The topological polar surface area (TPSA) is 103 Å². The molecule has 0 atom stereocenters. The number of urea groups is 1. The van der Waals surface area contributed by atoms with E-state index in [9.17, 15) is 18.8 Å². The van der Waals surface area contributed by atoms with Gasteiger partial charge < -0.3 is 18.9 Å². The van der Waals surface area contributed by atoms with Crippen molar-refractivity contribution in [2.45, 2.75) is 13.5 Å². The van der Waals surface area contributed by atoms with Crippen LogP contribution in [0.25, 0.3) is 6.08 Å². The lowest BCUT2D eigenvalue weighted by molar-refractivity contribution is -0.122. The van der Waals surface area contributed by atoms with Gasteiger partial charge >= 0.3 is 6.03 Å². The second kappa shape index (κ2) is 10.5. The minimum Gasteiger partial charge on any atom is -0.490 e. The van der Waals surface area contributed by atoms with Gasteiger partial charge in [-0.05, 0) is 76.5 Å². The molecule has 194 valence electrons. The number of nitrogens with zero attached hydrogens (tertiary/aromatic N) is 1. The fraction of sp³-hybridized carbons (Fsp3) is 0.148. The number of anilines is 1. The largest absolute Gasteiger partial charge is 0.490 e. The molecule has 0 aliphatic carbocycles. The molecule has 3 aromatic carbocycles. The molecule has 2 heterocycles. The molecule has 1 N–H and O–H groups in total. The first-order valence-electron chi connectivity index (χ1n) is 11.5. The van der Waals surface area contributed by atoms with E-state index in [1.54, 1.807) is 37.3 Å². The smallest absolute Gasteiger partial charge is 0.335 e. The Morgan fingerprint density at radius 1 is 1.03 bits per heavy atom. The summed E-state index contributed by atoms with van der Waals surface area (Å²) in [6.07, 6.45) is 1.36. The number of benzene rings is 3. The third-order valence-corrected chi connectivity index (χ3v) is 6.24. The molecule has 4 amide bonds. The van der Waals surface area contributed by atoms with Crippen molar-refractivity contribution in [2.24, 2.45) is 0 Å². The van der Waals surface area contributed by atoms with Crippen LogP contribution in [0.5, 0.6) is 23.0 Å². The molecular formula is C27H20BrFN2O7. The van der Waals surface area contributed by atoms with E-state index in [0.29, 0.717) is 39.6 Å². The molecule has 0 spiro atoms. The van der Waals surface area contributed by atoms with E-state index in [-0.39, 0.29) is 30.5 Å². The van der Waals surface area contributed by atoms with Gasteiger partial charge in [0.2, 0.25) is 6.79 Å². The van der Waals surface area contributed by atoms with Crippen LogP contribution < -0.4 is 29.2 Å². The van der Waals surface area contributed by atoms with Gasteiger partial charge in [0.05, 0.1) is 16.8 Å². The molecule has 5 rings (SSSR count). The third-order valence-electron chi connectivity index (χ3n) is 5.66. The zero-order valence-corrected chi connectivity index (χ0v) is 21.5. The van der Waals surface area contributed by atoms with Gasteiger partial charge in [-0.2, -0.15) is 0 Å². The lowest BCUT2D eigenvalue weighted by Crippen LogP contribution is -2.54. The van der Waals surface area contributed by atoms with E-state index >= 15 is 0 Å². The molecule has 1 saturated heterocycles. The monoisotopic (exact) mass is 582 g/mol. The SMILES string of the molecule is CCOc1cc(/C=C2\C(=O)NC(=O)N(c3ccc4c(c3)OCO4)C2=O)cc(Br)c1OCc1ccc(F)cc1. The third kappa shape index (κ3) is 5.05. The average Bonchev–Trinajstić information content (AvgIpc) is 3.35. The molecule has 2 aliphatic heterocycles. The number of fused-ring (bicyclic) bond motifs is 1. The summed E-state index contributed by atoms with van der Waals surface area (Å²) in [5, 5.41) is 2.20. The number of amides is 4. The van der Waals surface area contributed by atoms with Gasteiger partial charge in [0.15, 0.2) is 23.0 Å². The van der Waals surface area contributed by atoms with Crippen molar-refractivity contribution in [1.29, 1.82) is 0 Å². The molecule has 0 saturated carbocycles. The maximum atomic E-state index is 13.3. The van der Waals surface area contributed by atoms with Gasteiger partial charge in [-0.3, -0.25) is 14.9 Å². The Balaban J connectivity index is 1.44. The molecule has 0 aromatic heterocycles. The van der Waals surface area contributed by atoms with Crippen molar-refractivity contribution < 1.29 is 37.7 Å². The predicted octanol–water partition coefficient (Wildman–Crippen LogP) is 4.96. The van der Waals surface area contributed by atoms with Crippen LogP contribution in [0.15, 0.2) is 64.6 Å². The minimum atomic E-state index is -0.878. The van der Waals surface area contributed by atoms with Crippen molar-refractivity contribution in [3.05, 3.63) is 81.6 Å². The van der Waals surface area contributed by atoms with Crippen LogP contribution in [0.4, 0.5) is 14.9 Å². The van der Waals surface area contributed by atoms with Crippen molar-refractivity contribution in [3.8, 4) is 23.0 Å². The van der Waals surface area contributed by atoms with E-state index in [0.717, 1.165) is 10.5 Å². The highest BCUT2D eigenvalue weighted by Crippen LogP contribution is 2.39. The Bertz CT molecular complexity index is 1470. The van der Waals surface area contributed by atoms with Gasteiger partial charge in [0, 0.05) is 6.07 Å². The summed E-state index contributed by atoms with van der Waals surface area (Å²) in [4.78, 5) is 39.4. The summed E-state index contributed by atoms with van der Waals surface area (Å²) in [5.41, 5.74) is 1.17. The van der Waals surface area contributed by atoms with E-state index in [1.807, 2.05) is 0 Å². The number of carbonyl (C=O) groups excluding carboxylic acids is 3. The van der Waals surface area contributed by atoms with Crippen molar-refractivity contribution in [2.75, 3.05) is 18.3 Å². The standard InChI is InChI=1S/C27H20BrFN2O7/c1-2-35-23-11-16(10-20(28)24(23)36-13-15-3-5-17(29)6-4-15)9-19-25(32)30-27(34)31(26(19)33)18-7-8-21-22(12-18)38-14-37-21/h3-12H,2,13-14H2,1H3,(H,30,32,34)/b19-9+. The zero-order valence-electron chi connectivity index (χ0n) is 20.0. The van der Waals surface area contributed by atoms with Crippen LogP contribution in [0.1, 0.15) is 18.1 Å². The van der Waals surface area contributed by atoms with Gasteiger partial charge in [-0.1, -0.05) is 12.1 Å². The summed E-state index contributed by atoms with van der Waals surface area (Å²) in [5.74, 6) is -0.348. The van der Waals surface area contributed by atoms with Crippen molar-refractivity contribution >= 4 is 45.5 Å². The number of nitrogens with one attached hydrogen (secondary N) is 1. The van der Waals surface area contributed by atoms with Gasteiger partial charge in [-0.25, -0.2) is 14.1 Å². The maximum Gasteiger partial charge on any atom is 0.335 e. The molecule has 0 bridgehead atoms. The summed E-state index contributed by atoms with van der Waals surface area (Å²) in [7, 11) is 0. The van der Waals surface area contributed by atoms with Gasteiger partial charge in [-0.15, -0.1) is 0 Å². The van der Waals surface area contributed by atoms with E-state index < -0.39 is 17.8 Å². The average molecular weight is 583 g/mol. The number of hydrogen-bond acceptors (Lipinski definition) is 7. The number of halogens is 2. The number of ether oxygens (including phenoxy) is 4. The minimum absolute atomic E-state index is 0.0310. The quantitative estimate of drug-likeness (QED) is 0.310. The summed E-state index contributed by atoms with van der Waals surface area (Å²) < 4.78 is 36.0. The Labute approximate surface area is 224 Å². The highest BCUT2D eigenvalue weighted by Gasteiger charge is 2.37. The van der Waals surface area contributed by atoms with Crippen molar-refractivity contribution in [3.63, 3.8) is 0 Å². The lowest BCUT2D eigenvalue weighted by Gasteiger charge is -2.26. The second-order valence-electron chi connectivity index (χ2n) is 8.17. The van der Waals surface area contributed by atoms with E-state index in [2.05, 4.69) is 21.2 Å². The highest BCUT2D eigenvalue weighted by molar-refractivity contribution is 9.10. The molecule has 0 unspecified atom stereocenters. The number of barbiturate groups is 1. The van der Waals surface area contributed by atoms with Crippen LogP contribution in [0.2, 0.25) is 0 Å². The summed E-state index contributed by atoms with van der Waals surface area (Å²) >= 11 is 3.46. The molecular weight excluding hydrogens is 563 g/mol. The van der Waals surface area contributed by atoms with E-state index in [4.69, 9.17) is 18.9 Å². The Morgan fingerprint density at radius 3 is 2.55 bits per heavy atom. The Hall–Kier alpha value is -4.38. The second-order valence-corrected chi connectivity index (χ2v) is 9.03. The molecule has 38 heavy (non-hydrogen) atoms. The fourth-order valence-electron chi connectivity index (χ4n) is 3.89. The maximum absolute atomic E-state index is 13.3.